The molecule has 2 aromatic rings. The van der Waals surface area contributed by atoms with Crippen LogP contribution in [0.4, 0.5) is 17.5 Å². The molecule has 1 saturated carbocycles. The number of methoxy groups -OCH3 is 2. The Labute approximate surface area is 171 Å². The number of esters is 1. The summed E-state index contributed by atoms with van der Waals surface area (Å²) in [6.45, 7) is 1.82. The van der Waals surface area contributed by atoms with Crippen molar-refractivity contribution in [3.05, 3.63) is 35.5 Å². The Kier molecular flexibility index (Phi) is 6.87. The summed E-state index contributed by atoms with van der Waals surface area (Å²) in [5, 5.41) is 6.63. The van der Waals surface area contributed by atoms with Crippen molar-refractivity contribution in [2.24, 2.45) is 0 Å². The normalized spacial score (nSPS) is 13.3. The van der Waals surface area contributed by atoms with Crippen LogP contribution in [-0.2, 0) is 4.74 Å². The van der Waals surface area contributed by atoms with Crippen LogP contribution in [0.1, 0.15) is 41.2 Å². The zero-order valence-corrected chi connectivity index (χ0v) is 17.5. The highest BCUT2D eigenvalue weighted by atomic mass is 16.5. The van der Waals surface area contributed by atoms with Gasteiger partial charge in [0.15, 0.2) is 0 Å². The molecule has 1 aromatic heterocycles. The molecular weight excluding hydrogens is 370 g/mol. The lowest BCUT2D eigenvalue weighted by atomic mass is 10.1. The summed E-state index contributed by atoms with van der Waals surface area (Å²) in [6.07, 6.45) is 3.34. The lowest BCUT2D eigenvalue weighted by Gasteiger charge is -2.13. The highest BCUT2D eigenvalue weighted by molar-refractivity contribution is 5.93. The molecule has 1 fully saturated rings. The minimum absolute atomic E-state index is 0.380. The van der Waals surface area contributed by atoms with Gasteiger partial charge in [-0.2, -0.15) is 4.98 Å². The Hall–Kier alpha value is -2.87. The number of benzene rings is 1. The number of nitrogens with one attached hydrogen (secondary N) is 2. The number of aromatic nitrogens is 2. The van der Waals surface area contributed by atoms with Crippen molar-refractivity contribution >= 4 is 23.4 Å². The lowest BCUT2D eigenvalue weighted by molar-refractivity contribution is 0.0597. The summed E-state index contributed by atoms with van der Waals surface area (Å²) < 4.78 is 10.1. The molecule has 8 nitrogen and oxygen atoms in total. The van der Waals surface area contributed by atoms with Gasteiger partial charge in [-0.25, -0.2) is 9.78 Å². The molecule has 1 aliphatic rings. The molecule has 2 N–H and O–H groups in total. The number of nitrogens with zero attached hydrogens (tertiary/aromatic N) is 3. The molecule has 1 aromatic carbocycles. The lowest BCUT2D eigenvalue weighted by Crippen LogP contribution is -2.17. The fraction of sp³-hybridized carbons (Fsp3) is 0.476. The standard InChI is InChI=1S/C21H29N5O3/c1-26(2)11-5-10-22-21-24-17(14-6-7-14)13-19(25-21)23-15-8-9-16(20(27)29-4)18(12-15)28-3/h8-9,12-14H,5-7,10-11H2,1-4H3,(H2,22,23,24,25). The summed E-state index contributed by atoms with van der Waals surface area (Å²) in [5.41, 5.74) is 2.20. The van der Waals surface area contributed by atoms with E-state index >= 15 is 0 Å². The predicted molar refractivity (Wildman–Crippen MR) is 113 cm³/mol. The molecule has 0 radical (unpaired) electrons. The van der Waals surface area contributed by atoms with Crippen molar-refractivity contribution in [3.63, 3.8) is 0 Å². The number of rotatable bonds is 10. The van der Waals surface area contributed by atoms with Gasteiger partial charge in [-0.1, -0.05) is 0 Å². The van der Waals surface area contributed by atoms with E-state index in [1.807, 2.05) is 6.07 Å². The van der Waals surface area contributed by atoms with Gasteiger partial charge in [0.05, 0.1) is 19.9 Å². The topological polar surface area (TPSA) is 88.6 Å². The number of carbonyl (C=O) groups excluding carboxylic acids is 1. The van der Waals surface area contributed by atoms with Gasteiger partial charge in [0.1, 0.15) is 17.1 Å². The van der Waals surface area contributed by atoms with Crippen LogP contribution in [0.3, 0.4) is 0 Å². The van der Waals surface area contributed by atoms with Crippen LogP contribution in [-0.4, -0.2) is 62.2 Å². The molecule has 8 heteroatoms. The largest absolute Gasteiger partial charge is 0.496 e. The van der Waals surface area contributed by atoms with Crippen LogP contribution in [0.25, 0.3) is 0 Å². The molecule has 1 aliphatic carbocycles. The van der Waals surface area contributed by atoms with Gasteiger partial charge < -0.3 is 25.0 Å². The molecule has 156 valence electrons. The first-order valence-electron chi connectivity index (χ1n) is 9.81. The Morgan fingerprint density at radius 1 is 1.21 bits per heavy atom. The van der Waals surface area contributed by atoms with Crippen LogP contribution in [0.2, 0.25) is 0 Å². The minimum Gasteiger partial charge on any atom is -0.496 e. The van der Waals surface area contributed by atoms with E-state index in [1.165, 1.54) is 14.2 Å². The second kappa shape index (κ2) is 9.56. The van der Waals surface area contributed by atoms with Crippen LogP contribution in [0.5, 0.6) is 5.75 Å². The summed E-state index contributed by atoms with van der Waals surface area (Å²) in [5.74, 6) is 1.87. The van der Waals surface area contributed by atoms with E-state index in [1.54, 1.807) is 18.2 Å². The van der Waals surface area contributed by atoms with Gasteiger partial charge in [0.2, 0.25) is 5.95 Å². The van der Waals surface area contributed by atoms with Crippen LogP contribution in [0, 0.1) is 0 Å². The molecule has 0 spiro atoms. The van der Waals surface area contributed by atoms with Crippen LogP contribution < -0.4 is 15.4 Å². The first-order chi connectivity index (χ1) is 14.0. The highest BCUT2D eigenvalue weighted by Crippen LogP contribution is 2.40. The molecule has 0 amide bonds. The Morgan fingerprint density at radius 3 is 2.66 bits per heavy atom. The third-order valence-electron chi connectivity index (χ3n) is 4.69. The van der Waals surface area contributed by atoms with Crippen molar-refractivity contribution in [2.75, 3.05) is 52.0 Å². The summed E-state index contributed by atoms with van der Waals surface area (Å²) in [6, 6.07) is 7.23. The second-order valence-electron chi connectivity index (χ2n) is 7.39. The third-order valence-corrected chi connectivity index (χ3v) is 4.69. The zero-order chi connectivity index (χ0) is 20.8. The molecular formula is C21H29N5O3. The van der Waals surface area contributed by atoms with Gasteiger partial charge in [-0.3, -0.25) is 0 Å². The molecule has 0 atom stereocenters. The van der Waals surface area contributed by atoms with Crippen molar-refractivity contribution in [3.8, 4) is 5.75 Å². The second-order valence-corrected chi connectivity index (χ2v) is 7.39. The molecule has 1 heterocycles. The van der Waals surface area contributed by atoms with Gasteiger partial charge in [0.25, 0.3) is 0 Å². The fourth-order valence-corrected chi connectivity index (χ4v) is 2.99. The molecule has 0 aliphatic heterocycles. The van der Waals surface area contributed by atoms with Crippen molar-refractivity contribution in [1.29, 1.82) is 0 Å². The van der Waals surface area contributed by atoms with Crippen LogP contribution >= 0.6 is 0 Å². The SMILES string of the molecule is COC(=O)c1ccc(Nc2cc(C3CC3)nc(NCCCN(C)C)n2)cc1OC. The van der Waals surface area contributed by atoms with Crippen molar-refractivity contribution in [1.82, 2.24) is 14.9 Å². The maximum Gasteiger partial charge on any atom is 0.341 e. The van der Waals surface area contributed by atoms with E-state index in [9.17, 15) is 4.79 Å². The van der Waals surface area contributed by atoms with Crippen LogP contribution in [0.15, 0.2) is 24.3 Å². The smallest absolute Gasteiger partial charge is 0.341 e. The Balaban J connectivity index is 1.76. The summed E-state index contributed by atoms with van der Waals surface area (Å²) in [4.78, 5) is 23.3. The fourth-order valence-electron chi connectivity index (χ4n) is 2.99. The molecule has 0 saturated heterocycles. The number of hydrogen-bond acceptors (Lipinski definition) is 8. The van der Waals surface area contributed by atoms with E-state index in [4.69, 9.17) is 9.47 Å². The highest BCUT2D eigenvalue weighted by Gasteiger charge is 2.26. The van der Waals surface area contributed by atoms with E-state index in [0.717, 1.165) is 43.7 Å². The summed E-state index contributed by atoms with van der Waals surface area (Å²) in [7, 11) is 7.00. The van der Waals surface area contributed by atoms with E-state index in [0.29, 0.717) is 29.0 Å². The van der Waals surface area contributed by atoms with E-state index in [2.05, 4.69) is 39.6 Å². The maximum absolute atomic E-state index is 11.8. The van der Waals surface area contributed by atoms with Gasteiger partial charge in [-0.15, -0.1) is 0 Å². The maximum atomic E-state index is 11.8. The average molecular weight is 399 g/mol. The number of carbonyl (C=O) groups is 1. The van der Waals surface area contributed by atoms with E-state index < -0.39 is 5.97 Å². The Morgan fingerprint density at radius 2 is 2.00 bits per heavy atom. The average Bonchev–Trinajstić information content (AvgIpc) is 3.55. The number of anilines is 3. The van der Waals surface area contributed by atoms with Gasteiger partial charge in [-0.05, 0) is 52.0 Å². The van der Waals surface area contributed by atoms with Crippen molar-refractivity contribution in [2.45, 2.75) is 25.2 Å². The number of ether oxygens (including phenoxy) is 2. The predicted octanol–water partition coefficient (Wildman–Crippen LogP) is 3.26. The van der Waals surface area contributed by atoms with Crippen molar-refractivity contribution < 1.29 is 14.3 Å². The minimum atomic E-state index is -0.435. The number of hydrogen-bond donors (Lipinski definition) is 2. The molecule has 3 rings (SSSR count). The van der Waals surface area contributed by atoms with Gasteiger partial charge >= 0.3 is 5.97 Å². The molecule has 29 heavy (non-hydrogen) atoms. The van der Waals surface area contributed by atoms with Gasteiger partial charge in [0, 0.05) is 30.3 Å². The molecule has 0 bridgehead atoms. The quantitative estimate of drug-likeness (QED) is 0.465. The zero-order valence-electron chi connectivity index (χ0n) is 17.5. The third kappa shape index (κ3) is 5.80. The monoisotopic (exact) mass is 399 g/mol. The Bertz CT molecular complexity index is 852. The molecule has 0 unspecified atom stereocenters. The van der Waals surface area contributed by atoms with E-state index in [-0.39, 0.29) is 0 Å². The summed E-state index contributed by atoms with van der Waals surface area (Å²) >= 11 is 0. The first-order valence-corrected chi connectivity index (χ1v) is 9.81. The first kappa shape index (κ1) is 20.9.